The van der Waals surface area contributed by atoms with Crippen LogP contribution >= 0.6 is 0 Å². The molecule has 0 fully saturated rings. The summed E-state index contributed by atoms with van der Waals surface area (Å²) in [6.07, 6.45) is 2.96. The first-order valence-corrected chi connectivity index (χ1v) is 6.00. The third kappa shape index (κ3) is 3.33. The third-order valence-corrected chi connectivity index (χ3v) is 2.90. The molecule has 0 unspecified atom stereocenters. The van der Waals surface area contributed by atoms with Crippen LogP contribution in [-0.2, 0) is 6.42 Å². The van der Waals surface area contributed by atoms with Gasteiger partial charge in [-0.15, -0.1) is 0 Å². The van der Waals surface area contributed by atoms with Crippen molar-refractivity contribution in [3.63, 3.8) is 0 Å². The molecule has 2 heteroatoms. The fourth-order valence-corrected chi connectivity index (χ4v) is 1.76. The molecule has 0 spiro atoms. The minimum atomic E-state index is -0.192. The van der Waals surface area contributed by atoms with E-state index in [4.69, 9.17) is 0 Å². The molecule has 0 aliphatic carbocycles. The molecular weight excluding hydrogens is 225 g/mol. The van der Waals surface area contributed by atoms with E-state index in [0.29, 0.717) is 0 Å². The predicted molar refractivity (Wildman–Crippen MR) is 74.3 cm³/mol. The lowest BCUT2D eigenvalue weighted by Gasteiger charge is -2.12. The van der Waals surface area contributed by atoms with E-state index >= 15 is 0 Å². The van der Waals surface area contributed by atoms with Crippen LogP contribution in [0.4, 0.5) is 10.1 Å². The van der Waals surface area contributed by atoms with Crippen molar-refractivity contribution in [3.8, 4) is 0 Å². The Hall–Kier alpha value is -1.83. The Balaban J connectivity index is 1.95. The zero-order chi connectivity index (χ0) is 13.0. The number of hydrogen-bond donors (Lipinski definition) is 0. The molecule has 1 nitrogen and oxygen atoms in total. The first-order valence-electron chi connectivity index (χ1n) is 6.00. The van der Waals surface area contributed by atoms with Crippen LogP contribution in [0, 0.1) is 12.2 Å². The van der Waals surface area contributed by atoms with E-state index in [2.05, 4.69) is 35.6 Å². The van der Waals surface area contributed by atoms with Crippen molar-refractivity contribution in [1.82, 2.24) is 0 Å². The number of rotatable bonds is 4. The molecule has 2 aromatic carbocycles. The highest BCUT2D eigenvalue weighted by molar-refractivity contribution is 5.46. The molecule has 2 aromatic rings. The van der Waals surface area contributed by atoms with Gasteiger partial charge in [0.25, 0.3) is 0 Å². The van der Waals surface area contributed by atoms with Gasteiger partial charge in [-0.3, -0.25) is 0 Å². The smallest absolute Gasteiger partial charge is 0.123 e. The number of anilines is 1. The molecule has 2 rings (SSSR count). The van der Waals surface area contributed by atoms with Gasteiger partial charge in [0.1, 0.15) is 5.82 Å². The summed E-state index contributed by atoms with van der Waals surface area (Å²) in [7, 11) is 4.05. The molecule has 0 atom stereocenters. The van der Waals surface area contributed by atoms with E-state index in [0.717, 1.165) is 12.0 Å². The number of nitrogens with zero attached hydrogens (tertiary/aromatic N) is 1. The molecule has 0 amide bonds. The van der Waals surface area contributed by atoms with Gasteiger partial charge < -0.3 is 4.90 Å². The van der Waals surface area contributed by atoms with Crippen LogP contribution < -0.4 is 4.90 Å². The van der Waals surface area contributed by atoms with Crippen molar-refractivity contribution in [2.75, 3.05) is 19.0 Å². The lowest BCUT2D eigenvalue weighted by Crippen LogP contribution is -2.08. The van der Waals surface area contributed by atoms with E-state index in [-0.39, 0.29) is 5.82 Å². The minimum Gasteiger partial charge on any atom is -0.378 e. The predicted octanol–water partition coefficient (Wildman–Crippen LogP) is 3.69. The Morgan fingerprint density at radius 2 is 1.56 bits per heavy atom. The van der Waals surface area contributed by atoms with Crippen molar-refractivity contribution in [1.29, 1.82) is 0 Å². The Bertz CT molecular complexity index is 486. The second-order valence-electron chi connectivity index (χ2n) is 4.52. The Morgan fingerprint density at radius 1 is 0.944 bits per heavy atom. The fourth-order valence-electron chi connectivity index (χ4n) is 1.76. The second kappa shape index (κ2) is 5.67. The fraction of sp³-hybridized carbons (Fsp3) is 0.188. The van der Waals surface area contributed by atoms with E-state index in [9.17, 15) is 4.39 Å². The summed E-state index contributed by atoms with van der Waals surface area (Å²) < 4.78 is 12.8. The standard InChI is InChI=1S/C16H17FN/c1-18(2)16-11-7-14(8-12-16)4-3-13-5-9-15(17)10-6-13/h3,5-12H,4H2,1-2H3. The molecular formula is C16H17FN. The molecule has 0 aliphatic rings. The summed E-state index contributed by atoms with van der Waals surface area (Å²) in [6, 6.07) is 15.0. The average Bonchev–Trinajstić information content (AvgIpc) is 2.38. The summed E-state index contributed by atoms with van der Waals surface area (Å²) in [6.45, 7) is 0. The largest absolute Gasteiger partial charge is 0.378 e. The quantitative estimate of drug-likeness (QED) is 0.790. The van der Waals surface area contributed by atoms with Crippen LogP contribution in [0.25, 0.3) is 0 Å². The zero-order valence-electron chi connectivity index (χ0n) is 10.7. The molecule has 1 radical (unpaired) electrons. The highest BCUT2D eigenvalue weighted by atomic mass is 19.1. The summed E-state index contributed by atoms with van der Waals surface area (Å²) in [5.41, 5.74) is 3.50. The average molecular weight is 242 g/mol. The van der Waals surface area contributed by atoms with Crippen molar-refractivity contribution in [2.24, 2.45) is 0 Å². The van der Waals surface area contributed by atoms with Gasteiger partial charge in [0, 0.05) is 19.8 Å². The molecule has 93 valence electrons. The molecule has 0 bridgehead atoms. The van der Waals surface area contributed by atoms with Gasteiger partial charge in [-0.1, -0.05) is 24.3 Å². The van der Waals surface area contributed by atoms with Crippen LogP contribution in [0.3, 0.4) is 0 Å². The number of halogens is 1. The summed E-state index contributed by atoms with van der Waals surface area (Å²) in [5, 5.41) is 0. The lowest BCUT2D eigenvalue weighted by molar-refractivity contribution is 0.627. The van der Waals surface area contributed by atoms with E-state index in [1.807, 2.05) is 14.1 Å². The van der Waals surface area contributed by atoms with Gasteiger partial charge in [0.15, 0.2) is 0 Å². The van der Waals surface area contributed by atoms with Crippen LogP contribution in [-0.4, -0.2) is 14.1 Å². The van der Waals surface area contributed by atoms with Gasteiger partial charge in [0.05, 0.1) is 0 Å². The van der Waals surface area contributed by atoms with Gasteiger partial charge >= 0.3 is 0 Å². The molecule has 0 aromatic heterocycles. The van der Waals surface area contributed by atoms with Gasteiger partial charge in [-0.25, -0.2) is 4.39 Å². The lowest BCUT2D eigenvalue weighted by atomic mass is 10.0. The first-order chi connectivity index (χ1) is 8.65. The summed E-state index contributed by atoms with van der Waals surface area (Å²) >= 11 is 0. The van der Waals surface area contributed by atoms with E-state index in [1.54, 1.807) is 12.1 Å². The van der Waals surface area contributed by atoms with Crippen LogP contribution in [0.2, 0.25) is 0 Å². The number of benzene rings is 2. The SMILES string of the molecule is CN(C)c1ccc(C[CH]c2ccc(F)cc2)cc1. The van der Waals surface area contributed by atoms with Gasteiger partial charge in [-0.2, -0.15) is 0 Å². The number of hydrogen-bond acceptors (Lipinski definition) is 1. The zero-order valence-corrected chi connectivity index (χ0v) is 10.7. The van der Waals surface area contributed by atoms with Gasteiger partial charge in [-0.05, 0) is 48.2 Å². The Labute approximate surface area is 108 Å². The van der Waals surface area contributed by atoms with Crippen molar-refractivity contribution in [2.45, 2.75) is 6.42 Å². The highest BCUT2D eigenvalue weighted by Crippen LogP contribution is 2.15. The second-order valence-corrected chi connectivity index (χ2v) is 4.52. The van der Waals surface area contributed by atoms with Gasteiger partial charge in [0.2, 0.25) is 0 Å². The maximum absolute atomic E-state index is 12.8. The van der Waals surface area contributed by atoms with Crippen molar-refractivity contribution < 1.29 is 4.39 Å². The van der Waals surface area contributed by atoms with Crippen LogP contribution in [0.15, 0.2) is 48.5 Å². The van der Waals surface area contributed by atoms with Crippen LogP contribution in [0.1, 0.15) is 11.1 Å². The molecule has 0 saturated carbocycles. The third-order valence-electron chi connectivity index (χ3n) is 2.90. The molecule has 18 heavy (non-hydrogen) atoms. The summed E-state index contributed by atoms with van der Waals surface area (Å²) in [4.78, 5) is 2.08. The Morgan fingerprint density at radius 3 is 2.11 bits per heavy atom. The molecule has 0 saturated heterocycles. The monoisotopic (exact) mass is 242 g/mol. The van der Waals surface area contributed by atoms with E-state index < -0.39 is 0 Å². The van der Waals surface area contributed by atoms with Crippen LogP contribution in [0.5, 0.6) is 0 Å². The topological polar surface area (TPSA) is 3.24 Å². The molecule has 0 N–H and O–H groups in total. The molecule has 0 heterocycles. The maximum Gasteiger partial charge on any atom is 0.123 e. The minimum absolute atomic E-state index is 0.192. The maximum atomic E-state index is 12.8. The Kier molecular flexibility index (Phi) is 3.98. The first kappa shape index (κ1) is 12.6. The molecule has 0 aliphatic heterocycles. The van der Waals surface area contributed by atoms with Crippen molar-refractivity contribution >= 4 is 5.69 Å². The summed E-state index contributed by atoms with van der Waals surface area (Å²) in [5.74, 6) is -0.192. The highest BCUT2D eigenvalue weighted by Gasteiger charge is 1.99. The van der Waals surface area contributed by atoms with Crippen molar-refractivity contribution in [3.05, 3.63) is 71.9 Å². The normalized spacial score (nSPS) is 10.4. The van der Waals surface area contributed by atoms with E-state index in [1.165, 1.54) is 23.4 Å².